The van der Waals surface area contributed by atoms with Gasteiger partial charge in [0.2, 0.25) is 5.91 Å². The van der Waals surface area contributed by atoms with Gasteiger partial charge in [-0.15, -0.1) is 10.2 Å². The first-order valence-corrected chi connectivity index (χ1v) is 10.2. The van der Waals surface area contributed by atoms with Gasteiger partial charge in [-0.3, -0.25) is 4.79 Å². The van der Waals surface area contributed by atoms with E-state index in [1.807, 2.05) is 48.7 Å². The molecule has 6 nitrogen and oxygen atoms in total. The second kappa shape index (κ2) is 9.12. The normalized spacial score (nSPS) is 10.7. The van der Waals surface area contributed by atoms with Crippen LogP contribution in [-0.4, -0.2) is 40.5 Å². The lowest BCUT2D eigenvalue weighted by molar-refractivity contribution is -0.113. The van der Waals surface area contributed by atoms with E-state index in [2.05, 4.69) is 21.6 Å². The fourth-order valence-electron chi connectivity index (χ4n) is 2.68. The van der Waals surface area contributed by atoms with E-state index in [1.165, 1.54) is 11.8 Å². The zero-order chi connectivity index (χ0) is 20.1. The molecule has 28 heavy (non-hydrogen) atoms. The smallest absolute Gasteiger partial charge is 0.234 e. The van der Waals surface area contributed by atoms with Crippen LogP contribution in [0.15, 0.2) is 53.7 Å². The monoisotopic (exact) mass is 415 g/mol. The zero-order valence-corrected chi connectivity index (χ0v) is 17.6. The molecule has 0 fully saturated rings. The molecule has 2 aromatic carbocycles. The number of aromatic nitrogens is 3. The maximum Gasteiger partial charge on any atom is 0.234 e. The van der Waals surface area contributed by atoms with Crippen molar-refractivity contribution < 1.29 is 4.79 Å². The molecule has 0 aliphatic heterocycles. The van der Waals surface area contributed by atoms with Gasteiger partial charge in [0.25, 0.3) is 0 Å². The average Bonchev–Trinajstić information content (AvgIpc) is 3.11. The van der Waals surface area contributed by atoms with E-state index in [1.54, 1.807) is 24.3 Å². The third kappa shape index (κ3) is 4.85. The summed E-state index contributed by atoms with van der Waals surface area (Å²) in [4.78, 5) is 14.3. The summed E-state index contributed by atoms with van der Waals surface area (Å²) in [5.41, 5.74) is 2.81. The Labute approximate surface area is 173 Å². The second-order valence-corrected chi connectivity index (χ2v) is 7.72. The summed E-state index contributed by atoms with van der Waals surface area (Å²) >= 11 is 7.23. The van der Waals surface area contributed by atoms with Crippen molar-refractivity contribution >= 4 is 40.6 Å². The van der Waals surface area contributed by atoms with Gasteiger partial charge < -0.3 is 14.8 Å². The van der Waals surface area contributed by atoms with E-state index < -0.39 is 0 Å². The number of halogens is 1. The molecule has 1 amide bonds. The molecule has 1 heterocycles. The molecular weight excluding hydrogens is 394 g/mol. The van der Waals surface area contributed by atoms with Crippen LogP contribution in [0.1, 0.15) is 6.92 Å². The summed E-state index contributed by atoms with van der Waals surface area (Å²) in [7, 11) is 4.01. The molecule has 1 N–H and O–H groups in total. The van der Waals surface area contributed by atoms with Crippen molar-refractivity contribution in [2.24, 2.45) is 0 Å². The number of amides is 1. The Morgan fingerprint density at radius 3 is 2.61 bits per heavy atom. The van der Waals surface area contributed by atoms with E-state index in [0.717, 1.165) is 28.8 Å². The van der Waals surface area contributed by atoms with Crippen LogP contribution in [0.3, 0.4) is 0 Å². The van der Waals surface area contributed by atoms with Crippen molar-refractivity contribution in [1.29, 1.82) is 0 Å². The SMILES string of the molecule is CCn1c(SCC(=O)Nc2ccc(Cl)cc2)nnc1-c1cccc(N(C)C)c1. The highest BCUT2D eigenvalue weighted by Gasteiger charge is 2.15. The Hall–Kier alpha value is -2.51. The highest BCUT2D eigenvalue weighted by Crippen LogP contribution is 2.26. The molecule has 3 aromatic rings. The maximum atomic E-state index is 12.2. The van der Waals surface area contributed by atoms with Gasteiger partial charge in [-0.25, -0.2) is 0 Å². The van der Waals surface area contributed by atoms with E-state index in [4.69, 9.17) is 11.6 Å². The standard InChI is InChI=1S/C20H22ClN5OS/c1-4-26-19(14-6-5-7-17(12-14)25(2)3)23-24-20(26)28-13-18(27)22-16-10-8-15(21)9-11-16/h5-12H,4,13H2,1-3H3,(H,22,27). The molecule has 0 saturated carbocycles. The molecular formula is C20H22ClN5OS. The fourth-order valence-corrected chi connectivity index (χ4v) is 3.61. The predicted molar refractivity (Wildman–Crippen MR) is 116 cm³/mol. The Morgan fingerprint density at radius 1 is 1.18 bits per heavy atom. The van der Waals surface area contributed by atoms with E-state index in [9.17, 15) is 4.79 Å². The number of anilines is 2. The lowest BCUT2D eigenvalue weighted by Crippen LogP contribution is -2.14. The van der Waals surface area contributed by atoms with Gasteiger partial charge in [-0.05, 0) is 43.3 Å². The molecule has 0 atom stereocenters. The minimum Gasteiger partial charge on any atom is -0.378 e. The van der Waals surface area contributed by atoms with Crippen LogP contribution in [0, 0.1) is 0 Å². The van der Waals surface area contributed by atoms with Crippen LogP contribution in [0.2, 0.25) is 5.02 Å². The minimum atomic E-state index is -0.103. The van der Waals surface area contributed by atoms with E-state index in [0.29, 0.717) is 10.7 Å². The lowest BCUT2D eigenvalue weighted by Gasteiger charge is -2.14. The van der Waals surface area contributed by atoms with E-state index >= 15 is 0 Å². The van der Waals surface area contributed by atoms with Gasteiger partial charge in [0.15, 0.2) is 11.0 Å². The number of carbonyl (C=O) groups excluding carboxylic acids is 1. The van der Waals surface area contributed by atoms with Gasteiger partial charge >= 0.3 is 0 Å². The molecule has 0 saturated heterocycles. The van der Waals surface area contributed by atoms with Crippen LogP contribution in [0.5, 0.6) is 0 Å². The molecule has 0 aliphatic rings. The number of carbonyl (C=O) groups is 1. The van der Waals surface area contributed by atoms with Crippen molar-refractivity contribution in [2.75, 3.05) is 30.1 Å². The fraction of sp³-hybridized carbons (Fsp3) is 0.250. The Bertz CT molecular complexity index is 955. The molecule has 0 aliphatic carbocycles. The van der Waals surface area contributed by atoms with Gasteiger partial charge in [-0.2, -0.15) is 0 Å². The predicted octanol–water partition coefficient (Wildman–Crippen LogP) is 4.42. The van der Waals surface area contributed by atoms with Gasteiger partial charge in [0.05, 0.1) is 5.75 Å². The third-order valence-corrected chi connectivity index (χ3v) is 5.33. The third-order valence-electron chi connectivity index (χ3n) is 4.11. The van der Waals surface area contributed by atoms with Crippen molar-refractivity contribution in [3.63, 3.8) is 0 Å². The number of nitrogens with one attached hydrogen (secondary N) is 1. The highest BCUT2D eigenvalue weighted by atomic mass is 35.5. The number of thioether (sulfide) groups is 1. The number of nitrogens with zero attached hydrogens (tertiary/aromatic N) is 4. The molecule has 0 unspecified atom stereocenters. The summed E-state index contributed by atoms with van der Waals surface area (Å²) in [6.07, 6.45) is 0. The summed E-state index contributed by atoms with van der Waals surface area (Å²) in [6, 6.07) is 15.2. The Morgan fingerprint density at radius 2 is 1.93 bits per heavy atom. The van der Waals surface area contributed by atoms with Crippen LogP contribution in [0.4, 0.5) is 11.4 Å². The van der Waals surface area contributed by atoms with Crippen molar-refractivity contribution in [3.05, 3.63) is 53.6 Å². The molecule has 0 radical (unpaired) electrons. The Balaban J connectivity index is 1.71. The number of hydrogen-bond acceptors (Lipinski definition) is 5. The number of hydrogen-bond donors (Lipinski definition) is 1. The maximum absolute atomic E-state index is 12.2. The molecule has 146 valence electrons. The van der Waals surface area contributed by atoms with Crippen molar-refractivity contribution in [2.45, 2.75) is 18.6 Å². The molecule has 8 heteroatoms. The molecule has 0 spiro atoms. The number of benzene rings is 2. The molecule has 0 bridgehead atoms. The van der Waals surface area contributed by atoms with Gasteiger partial charge in [-0.1, -0.05) is 35.5 Å². The average molecular weight is 416 g/mol. The van der Waals surface area contributed by atoms with Gasteiger partial charge in [0, 0.05) is 42.6 Å². The first-order chi connectivity index (χ1) is 13.5. The zero-order valence-electron chi connectivity index (χ0n) is 16.0. The van der Waals surface area contributed by atoms with Crippen LogP contribution >= 0.6 is 23.4 Å². The lowest BCUT2D eigenvalue weighted by atomic mass is 10.2. The van der Waals surface area contributed by atoms with Crippen LogP contribution in [-0.2, 0) is 11.3 Å². The Kier molecular flexibility index (Phi) is 6.59. The summed E-state index contributed by atoms with van der Waals surface area (Å²) in [5.74, 6) is 0.944. The summed E-state index contributed by atoms with van der Waals surface area (Å²) < 4.78 is 2.02. The quantitative estimate of drug-likeness (QED) is 0.579. The molecule has 3 rings (SSSR count). The van der Waals surface area contributed by atoms with E-state index in [-0.39, 0.29) is 11.7 Å². The van der Waals surface area contributed by atoms with Crippen molar-refractivity contribution in [1.82, 2.24) is 14.8 Å². The summed E-state index contributed by atoms with van der Waals surface area (Å²) in [5, 5.41) is 12.9. The minimum absolute atomic E-state index is 0.103. The van der Waals surface area contributed by atoms with Crippen LogP contribution in [0.25, 0.3) is 11.4 Å². The first-order valence-electron chi connectivity index (χ1n) is 8.87. The topological polar surface area (TPSA) is 63.1 Å². The van der Waals surface area contributed by atoms with Crippen LogP contribution < -0.4 is 10.2 Å². The number of rotatable bonds is 7. The second-order valence-electron chi connectivity index (χ2n) is 6.34. The highest BCUT2D eigenvalue weighted by molar-refractivity contribution is 7.99. The largest absolute Gasteiger partial charge is 0.378 e. The first kappa shape index (κ1) is 20.2. The molecule has 1 aromatic heterocycles. The van der Waals surface area contributed by atoms with Crippen molar-refractivity contribution in [3.8, 4) is 11.4 Å². The summed E-state index contributed by atoms with van der Waals surface area (Å²) in [6.45, 7) is 2.76. The van der Waals surface area contributed by atoms with Gasteiger partial charge in [0.1, 0.15) is 0 Å².